The summed E-state index contributed by atoms with van der Waals surface area (Å²) in [4.78, 5) is 45.3. The fraction of sp³-hybridized carbons (Fsp3) is 0.200. The first-order valence-corrected chi connectivity index (χ1v) is 7.52. The van der Waals surface area contributed by atoms with Gasteiger partial charge >= 0.3 is 5.97 Å². The average molecular weight is 316 g/mol. The number of hydrogen-bond acceptors (Lipinski definition) is 6. The van der Waals surface area contributed by atoms with Crippen molar-refractivity contribution in [3.8, 4) is 0 Å². The molecule has 1 aromatic heterocycles. The van der Waals surface area contributed by atoms with Crippen LogP contribution < -0.4 is 0 Å². The van der Waals surface area contributed by atoms with Crippen LogP contribution in [0.1, 0.15) is 56.0 Å². The summed E-state index contributed by atoms with van der Waals surface area (Å²) in [6, 6.07) is 6.32. The van der Waals surface area contributed by atoms with Crippen LogP contribution in [-0.2, 0) is 4.84 Å². The number of nitrogens with zero attached hydrogens (tertiary/aromatic N) is 2. The van der Waals surface area contributed by atoms with Crippen LogP contribution in [0.25, 0.3) is 0 Å². The smallest absolute Gasteiger partial charge is 0.322 e. The van der Waals surface area contributed by atoms with Crippen LogP contribution in [0.3, 0.4) is 0 Å². The topological polar surface area (TPSA) is 76.6 Å². The van der Waals surface area contributed by atoms with Crippen LogP contribution in [0.2, 0.25) is 0 Å². The molecule has 1 aliphatic rings. The van der Waals surface area contributed by atoms with E-state index in [9.17, 15) is 14.4 Å². The number of imide groups is 1. The van der Waals surface area contributed by atoms with E-state index in [4.69, 9.17) is 4.84 Å². The molecule has 1 aromatic carbocycles. The largest absolute Gasteiger partial charge is 0.383 e. The SMILES string of the molecule is CC(C)c1nc(C(=O)ON2C(=O)c3ccccc3C2=O)cs1. The molecular formula is C15H12N2O4S. The number of aromatic nitrogens is 1. The average Bonchev–Trinajstić information content (AvgIpc) is 3.08. The predicted octanol–water partition coefficient (Wildman–Crippen LogP) is 2.63. The van der Waals surface area contributed by atoms with Gasteiger partial charge in [0.2, 0.25) is 0 Å². The number of carbonyl (C=O) groups excluding carboxylic acids is 3. The summed E-state index contributed by atoms with van der Waals surface area (Å²) in [7, 11) is 0. The third-order valence-corrected chi connectivity index (χ3v) is 4.30. The number of thiazole rings is 1. The summed E-state index contributed by atoms with van der Waals surface area (Å²) >= 11 is 1.33. The molecule has 0 N–H and O–H groups in total. The highest BCUT2D eigenvalue weighted by atomic mass is 32.1. The maximum absolute atomic E-state index is 12.1. The number of hydrogen-bond donors (Lipinski definition) is 0. The Hall–Kier alpha value is -2.54. The van der Waals surface area contributed by atoms with E-state index in [0.29, 0.717) is 5.06 Å². The van der Waals surface area contributed by atoms with Gasteiger partial charge in [-0.1, -0.05) is 31.0 Å². The van der Waals surface area contributed by atoms with Gasteiger partial charge in [-0.05, 0) is 12.1 Å². The van der Waals surface area contributed by atoms with Gasteiger partial charge in [-0.25, -0.2) is 9.78 Å². The van der Waals surface area contributed by atoms with Gasteiger partial charge in [0.15, 0.2) is 5.69 Å². The maximum atomic E-state index is 12.1. The molecule has 7 heteroatoms. The van der Waals surface area contributed by atoms with Crippen LogP contribution in [0.5, 0.6) is 0 Å². The molecule has 0 aliphatic carbocycles. The molecule has 0 saturated carbocycles. The van der Waals surface area contributed by atoms with Crippen molar-refractivity contribution in [2.45, 2.75) is 19.8 Å². The van der Waals surface area contributed by atoms with Crippen LogP contribution >= 0.6 is 11.3 Å². The van der Waals surface area contributed by atoms with Gasteiger partial charge in [0.25, 0.3) is 11.8 Å². The van der Waals surface area contributed by atoms with E-state index in [0.717, 1.165) is 5.01 Å². The van der Waals surface area contributed by atoms with E-state index in [1.165, 1.54) is 23.5 Å². The Morgan fingerprint density at radius 2 is 1.77 bits per heavy atom. The number of amides is 2. The molecule has 0 spiro atoms. The maximum Gasteiger partial charge on any atom is 0.383 e. The monoisotopic (exact) mass is 316 g/mol. The Kier molecular flexibility index (Phi) is 3.50. The lowest BCUT2D eigenvalue weighted by Gasteiger charge is -2.11. The first kappa shape index (κ1) is 14.4. The molecule has 6 nitrogen and oxygen atoms in total. The summed E-state index contributed by atoms with van der Waals surface area (Å²) in [5.41, 5.74) is 0.535. The van der Waals surface area contributed by atoms with Crippen molar-refractivity contribution in [3.05, 3.63) is 51.5 Å². The van der Waals surface area contributed by atoms with Gasteiger partial charge in [0.1, 0.15) is 0 Å². The van der Waals surface area contributed by atoms with Crippen molar-refractivity contribution in [1.29, 1.82) is 0 Å². The van der Waals surface area contributed by atoms with Gasteiger partial charge < -0.3 is 4.84 Å². The van der Waals surface area contributed by atoms with Crippen molar-refractivity contribution in [3.63, 3.8) is 0 Å². The minimum atomic E-state index is -0.822. The van der Waals surface area contributed by atoms with Crippen LogP contribution in [0.15, 0.2) is 29.6 Å². The van der Waals surface area contributed by atoms with E-state index in [1.54, 1.807) is 17.5 Å². The highest BCUT2D eigenvalue weighted by Gasteiger charge is 2.39. The Labute approximate surface area is 130 Å². The first-order chi connectivity index (χ1) is 10.5. The Morgan fingerprint density at radius 1 is 1.18 bits per heavy atom. The van der Waals surface area contributed by atoms with Crippen molar-refractivity contribution in [2.75, 3.05) is 0 Å². The number of hydroxylamine groups is 2. The molecule has 1 aliphatic heterocycles. The first-order valence-electron chi connectivity index (χ1n) is 6.64. The van der Waals surface area contributed by atoms with Gasteiger partial charge in [-0.15, -0.1) is 11.3 Å². The lowest BCUT2D eigenvalue weighted by molar-refractivity contribution is -0.0588. The third kappa shape index (κ3) is 2.29. The van der Waals surface area contributed by atoms with Crippen LogP contribution in [0, 0.1) is 0 Å². The van der Waals surface area contributed by atoms with E-state index < -0.39 is 17.8 Å². The number of rotatable bonds is 3. The quantitative estimate of drug-likeness (QED) is 0.814. The molecule has 0 fully saturated rings. The summed E-state index contributed by atoms with van der Waals surface area (Å²) in [5.74, 6) is -1.93. The number of benzene rings is 1. The molecule has 2 amide bonds. The van der Waals surface area contributed by atoms with Gasteiger partial charge in [0.05, 0.1) is 16.1 Å². The Bertz CT molecular complexity index is 746. The molecular weight excluding hydrogens is 304 g/mol. The summed E-state index contributed by atoms with van der Waals surface area (Å²) in [6.07, 6.45) is 0. The minimum absolute atomic E-state index is 0.0882. The number of fused-ring (bicyclic) bond motifs is 1. The van der Waals surface area contributed by atoms with Gasteiger partial charge in [-0.2, -0.15) is 0 Å². The van der Waals surface area contributed by atoms with Gasteiger partial charge in [-0.3, -0.25) is 9.59 Å². The molecule has 0 radical (unpaired) electrons. The van der Waals surface area contributed by atoms with E-state index in [1.807, 2.05) is 13.8 Å². The zero-order valence-corrected chi connectivity index (χ0v) is 12.7. The summed E-state index contributed by atoms with van der Waals surface area (Å²) in [5, 5.41) is 2.83. The normalized spacial score (nSPS) is 13.7. The zero-order chi connectivity index (χ0) is 15.9. The summed E-state index contributed by atoms with van der Waals surface area (Å²) in [6.45, 7) is 3.91. The van der Waals surface area contributed by atoms with Crippen LogP contribution in [-0.4, -0.2) is 27.8 Å². The second-order valence-electron chi connectivity index (χ2n) is 5.05. The predicted molar refractivity (Wildman–Crippen MR) is 78.6 cm³/mol. The highest BCUT2D eigenvalue weighted by molar-refractivity contribution is 7.09. The molecule has 0 bridgehead atoms. The molecule has 0 saturated heterocycles. The molecule has 0 atom stereocenters. The molecule has 112 valence electrons. The Balaban J connectivity index is 1.80. The molecule has 22 heavy (non-hydrogen) atoms. The van der Waals surface area contributed by atoms with Crippen LogP contribution in [0.4, 0.5) is 0 Å². The molecule has 0 unspecified atom stereocenters. The molecule has 2 heterocycles. The second kappa shape index (κ2) is 5.34. The summed E-state index contributed by atoms with van der Waals surface area (Å²) < 4.78 is 0. The fourth-order valence-corrected chi connectivity index (χ4v) is 2.83. The van der Waals surface area contributed by atoms with E-state index in [2.05, 4.69) is 4.98 Å². The second-order valence-corrected chi connectivity index (χ2v) is 5.94. The van der Waals surface area contributed by atoms with Gasteiger partial charge in [0, 0.05) is 11.3 Å². The lowest BCUT2D eigenvalue weighted by Crippen LogP contribution is -2.32. The van der Waals surface area contributed by atoms with Crippen molar-refractivity contribution in [1.82, 2.24) is 10.0 Å². The molecule has 2 aromatic rings. The van der Waals surface area contributed by atoms with E-state index in [-0.39, 0.29) is 22.7 Å². The van der Waals surface area contributed by atoms with Crippen molar-refractivity contribution in [2.24, 2.45) is 0 Å². The zero-order valence-electron chi connectivity index (χ0n) is 11.9. The van der Waals surface area contributed by atoms with Crippen molar-refractivity contribution >= 4 is 29.1 Å². The third-order valence-electron chi connectivity index (χ3n) is 3.16. The molecule has 3 rings (SSSR count). The Morgan fingerprint density at radius 3 is 2.27 bits per heavy atom. The number of carbonyl (C=O) groups is 3. The van der Waals surface area contributed by atoms with Crippen molar-refractivity contribution < 1.29 is 19.2 Å². The lowest BCUT2D eigenvalue weighted by atomic mass is 10.1. The minimum Gasteiger partial charge on any atom is -0.322 e. The fourth-order valence-electron chi connectivity index (χ4n) is 2.03. The highest BCUT2D eigenvalue weighted by Crippen LogP contribution is 2.24. The van der Waals surface area contributed by atoms with E-state index >= 15 is 0 Å². The standard InChI is InChI=1S/C15H12N2O4S/c1-8(2)12-16-11(7-22-12)15(20)21-17-13(18)9-5-3-4-6-10(9)14(17)19/h3-8H,1-2H3.